The first kappa shape index (κ1) is 32.1. The van der Waals surface area contributed by atoms with Crippen LogP contribution in [0, 0.1) is 0 Å². The number of halogens is 2. The zero-order valence-corrected chi connectivity index (χ0v) is 25.8. The number of hydrogen-bond acceptors (Lipinski definition) is 16. The average molecular weight is 712 g/mol. The van der Waals surface area contributed by atoms with E-state index in [4.69, 9.17) is 46.3 Å². The molecular formula is C20H23F2N10O9P2S2+. The second kappa shape index (κ2) is 12.4. The van der Waals surface area contributed by atoms with Crippen molar-refractivity contribution in [1.29, 1.82) is 0 Å². The van der Waals surface area contributed by atoms with Crippen molar-refractivity contribution in [2.45, 2.75) is 49.2 Å². The van der Waals surface area contributed by atoms with Crippen LogP contribution in [0.15, 0.2) is 23.8 Å². The summed E-state index contributed by atoms with van der Waals surface area (Å²) in [4.78, 5) is 45.4. The van der Waals surface area contributed by atoms with Gasteiger partial charge in [-0.1, -0.05) is 0 Å². The highest BCUT2D eigenvalue weighted by Crippen LogP contribution is 2.51. The first-order valence-electron chi connectivity index (χ1n) is 12.7. The summed E-state index contributed by atoms with van der Waals surface area (Å²) < 4.78 is 72.7. The molecule has 6 rings (SSSR count). The normalized spacial score (nSPS) is 30.3. The SMILES string of the molecule is Nc1nc2c(ncn2[C@@H]2O[C@H](CO)[C@H](F)[C@H]2OP(O)(=S)OC[C@H]2O[C@@H](n3cnc4c(N)ncnc43)[C@@H](F)[C@@H]2O[P+](=O)S)c(=O)[nH]1. The Bertz CT molecular complexity index is 1870. The van der Waals surface area contributed by atoms with Crippen LogP contribution in [0.1, 0.15) is 12.5 Å². The quantitative estimate of drug-likeness (QED) is 0.0946. The van der Waals surface area contributed by atoms with Gasteiger partial charge in [-0.2, -0.15) is 4.98 Å². The van der Waals surface area contributed by atoms with Gasteiger partial charge in [0.25, 0.3) is 5.56 Å². The summed E-state index contributed by atoms with van der Waals surface area (Å²) >= 11 is 8.82. The molecule has 10 atom stereocenters. The number of rotatable bonds is 10. The van der Waals surface area contributed by atoms with Crippen molar-refractivity contribution in [2.24, 2.45) is 0 Å². The molecule has 0 bridgehead atoms. The number of alkyl halides is 2. The van der Waals surface area contributed by atoms with Gasteiger partial charge in [0.2, 0.25) is 5.95 Å². The number of nitrogens with two attached hydrogens (primary N) is 2. The number of nitrogen functional groups attached to an aromatic ring is 2. The smallest absolute Gasteiger partial charge is 0.394 e. The predicted octanol–water partition coefficient (Wildman–Crippen LogP) is 0.178. The molecule has 45 heavy (non-hydrogen) atoms. The van der Waals surface area contributed by atoms with Crippen molar-refractivity contribution in [3.8, 4) is 0 Å². The van der Waals surface area contributed by atoms with Crippen LogP contribution in [-0.2, 0) is 39.4 Å². The van der Waals surface area contributed by atoms with Gasteiger partial charge in [-0.15, -0.1) is 4.52 Å². The lowest BCUT2D eigenvalue weighted by Crippen LogP contribution is -2.34. The Morgan fingerprint density at radius 1 is 1.07 bits per heavy atom. The van der Waals surface area contributed by atoms with E-state index in [1.807, 2.05) is 0 Å². The maximum Gasteiger partial charge on any atom is 0.582 e. The zero-order valence-electron chi connectivity index (χ0n) is 22.3. The van der Waals surface area contributed by atoms with Crippen LogP contribution in [0.4, 0.5) is 20.5 Å². The molecule has 0 radical (unpaired) electrons. The van der Waals surface area contributed by atoms with E-state index >= 15 is 8.78 Å². The van der Waals surface area contributed by atoms with Crippen LogP contribution in [0.5, 0.6) is 0 Å². The number of nitrogens with one attached hydrogen (secondary N) is 1. The first-order valence-corrected chi connectivity index (χ1v) is 17.6. The largest absolute Gasteiger partial charge is 0.582 e. The molecule has 2 aliphatic heterocycles. The third-order valence-electron chi connectivity index (χ3n) is 6.97. The van der Waals surface area contributed by atoms with E-state index < -0.39 is 81.9 Å². The van der Waals surface area contributed by atoms with Crippen molar-refractivity contribution >= 4 is 72.1 Å². The number of fused-ring (bicyclic) bond motifs is 2. The number of imidazole rings is 2. The number of aliphatic hydroxyl groups excluding tert-OH is 1. The Labute approximate surface area is 260 Å². The van der Waals surface area contributed by atoms with Crippen LogP contribution < -0.4 is 17.0 Å². The highest BCUT2D eigenvalue weighted by Gasteiger charge is 2.53. The molecule has 2 unspecified atom stereocenters. The fourth-order valence-corrected chi connectivity index (χ4v) is 7.19. The Morgan fingerprint density at radius 3 is 2.47 bits per heavy atom. The van der Waals surface area contributed by atoms with E-state index in [2.05, 4.69) is 42.2 Å². The number of aromatic amines is 1. The second-order valence-electron chi connectivity index (χ2n) is 9.70. The molecule has 2 saturated heterocycles. The monoisotopic (exact) mass is 711 g/mol. The van der Waals surface area contributed by atoms with Crippen LogP contribution >= 0.6 is 26.2 Å². The molecule has 0 saturated carbocycles. The molecule has 0 aliphatic carbocycles. The fraction of sp³-hybridized carbons (Fsp3) is 0.500. The molecule has 25 heteroatoms. The van der Waals surface area contributed by atoms with Gasteiger partial charge in [0.05, 0.1) is 25.9 Å². The molecule has 2 aliphatic rings. The standard InChI is InChI=1S/C20H22F2N10O9P2S2/c21-8-6(1-33)38-19(32-5-28-11-16(32)29-20(24)30-17(11)34)13(8)41-43(36,45)37-2-7-12(40-42(35)44)9(22)18(39-7)31-4-27-10-14(23)25-3-26-15(10)31/h3-9,12-13,18-19,33H,1-2H2,(H6-,23,24,25,26,29,30,34,35,36,44,45)/p+1/t6-,7-,8+,9+,12-,13-,18-,19-,43?/m1/s1. The average Bonchev–Trinajstić information content (AvgIpc) is 3.73. The van der Waals surface area contributed by atoms with E-state index in [9.17, 15) is 19.4 Å². The predicted molar refractivity (Wildman–Crippen MR) is 156 cm³/mol. The van der Waals surface area contributed by atoms with Crippen molar-refractivity contribution in [3.05, 3.63) is 29.3 Å². The molecule has 19 nitrogen and oxygen atoms in total. The number of aromatic nitrogens is 8. The van der Waals surface area contributed by atoms with E-state index in [0.29, 0.717) is 0 Å². The van der Waals surface area contributed by atoms with Gasteiger partial charge in [-0.3, -0.25) is 23.4 Å². The van der Waals surface area contributed by atoms with E-state index in [-0.39, 0.29) is 34.1 Å². The molecule has 7 N–H and O–H groups in total. The minimum Gasteiger partial charge on any atom is -0.394 e. The molecular weight excluding hydrogens is 688 g/mol. The lowest BCUT2D eigenvalue weighted by Gasteiger charge is -2.26. The van der Waals surface area contributed by atoms with Crippen molar-refractivity contribution in [3.63, 3.8) is 0 Å². The molecule has 4 aromatic rings. The van der Waals surface area contributed by atoms with Crippen LogP contribution in [0.3, 0.4) is 0 Å². The Morgan fingerprint density at radius 2 is 1.76 bits per heavy atom. The number of ether oxygens (including phenoxy) is 2. The number of thiol groups is 1. The summed E-state index contributed by atoms with van der Waals surface area (Å²) in [5.41, 5.74) is 10.8. The summed E-state index contributed by atoms with van der Waals surface area (Å²) in [6.07, 6.45) is -9.54. The van der Waals surface area contributed by atoms with E-state index in [0.717, 1.165) is 17.2 Å². The van der Waals surface area contributed by atoms with Gasteiger partial charge < -0.3 is 35.5 Å². The number of aliphatic hydroxyl groups is 1. The Kier molecular flexibility index (Phi) is 8.86. The molecule has 242 valence electrons. The van der Waals surface area contributed by atoms with Crippen LogP contribution in [-0.4, -0.2) is 99.0 Å². The van der Waals surface area contributed by atoms with E-state index in [1.165, 1.54) is 10.9 Å². The summed E-state index contributed by atoms with van der Waals surface area (Å²) in [5, 5.41) is 9.66. The molecule has 4 aromatic heterocycles. The second-order valence-corrected chi connectivity index (χ2v) is 14.2. The number of nitrogens with zero attached hydrogens (tertiary/aromatic N) is 7. The van der Waals surface area contributed by atoms with Crippen molar-refractivity contribution in [1.82, 2.24) is 39.0 Å². The summed E-state index contributed by atoms with van der Waals surface area (Å²) in [5.74, 6) is -0.230. The van der Waals surface area contributed by atoms with Crippen molar-refractivity contribution in [2.75, 3.05) is 24.7 Å². The van der Waals surface area contributed by atoms with Crippen LogP contribution in [0.2, 0.25) is 0 Å². The molecule has 0 spiro atoms. The summed E-state index contributed by atoms with van der Waals surface area (Å²) in [6.45, 7) is -5.89. The highest BCUT2D eigenvalue weighted by molar-refractivity contribution is 8.39. The fourth-order valence-electron chi connectivity index (χ4n) is 5.00. The topological polar surface area (TPSA) is 263 Å². The van der Waals surface area contributed by atoms with E-state index in [1.54, 1.807) is 0 Å². The van der Waals surface area contributed by atoms with Gasteiger partial charge in [0, 0.05) is 0 Å². The maximum atomic E-state index is 15.7. The van der Waals surface area contributed by atoms with Gasteiger partial charge >= 0.3 is 13.9 Å². The number of H-pyrrole nitrogens is 1. The van der Waals surface area contributed by atoms with Gasteiger partial charge in [0.1, 0.15) is 42.4 Å². The molecule has 6 heterocycles. The van der Waals surface area contributed by atoms with Crippen molar-refractivity contribution < 1.29 is 46.4 Å². The molecule has 0 aromatic carbocycles. The molecule has 0 amide bonds. The zero-order chi connectivity index (χ0) is 32.2. The maximum absolute atomic E-state index is 15.7. The lowest BCUT2D eigenvalue weighted by atomic mass is 10.1. The lowest BCUT2D eigenvalue weighted by molar-refractivity contribution is -0.0539. The minimum atomic E-state index is -4.41. The Hall–Kier alpha value is -2.82. The third kappa shape index (κ3) is 6.05. The van der Waals surface area contributed by atoms with Crippen LogP contribution in [0.25, 0.3) is 22.3 Å². The Balaban J connectivity index is 1.22. The first-order chi connectivity index (χ1) is 21.4. The van der Waals surface area contributed by atoms with Gasteiger partial charge in [-0.05, 0) is 16.4 Å². The summed E-state index contributed by atoms with van der Waals surface area (Å²) in [7, 11) is -2.64. The molecule has 2 fully saturated rings. The highest BCUT2D eigenvalue weighted by atomic mass is 32.7. The summed E-state index contributed by atoms with van der Waals surface area (Å²) in [6, 6.07) is 0. The van der Waals surface area contributed by atoms with Gasteiger partial charge in [0.15, 0.2) is 53.5 Å². The number of anilines is 2. The minimum absolute atomic E-state index is 0.0370. The number of hydrogen-bond donors (Lipinski definition) is 6. The van der Waals surface area contributed by atoms with Gasteiger partial charge in [-0.25, -0.2) is 28.7 Å². The third-order valence-corrected chi connectivity index (χ3v) is 9.23.